The minimum absolute atomic E-state index is 0.0255. The monoisotopic (exact) mass is 388 g/mol. The molecule has 138 valence electrons. The molecule has 0 saturated heterocycles. The number of benzene rings is 1. The van der Waals surface area contributed by atoms with Crippen molar-refractivity contribution in [2.45, 2.75) is 48.8 Å². The van der Waals surface area contributed by atoms with Crippen LogP contribution in [0.3, 0.4) is 0 Å². The molecule has 0 bridgehead atoms. The van der Waals surface area contributed by atoms with Crippen LogP contribution in [0, 0.1) is 0 Å². The van der Waals surface area contributed by atoms with Crippen LogP contribution in [0.1, 0.15) is 47.3 Å². The van der Waals surface area contributed by atoms with Crippen LogP contribution in [-0.4, -0.2) is 24.4 Å². The Morgan fingerprint density at radius 1 is 1.12 bits per heavy atom. The number of carbonyl (C=O) groups is 2. The number of thiophene rings is 1. The minimum atomic E-state index is -0.118. The van der Waals surface area contributed by atoms with Gasteiger partial charge < -0.3 is 10.6 Å². The second kappa shape index (κ2) is 9.78. The van der Waals surface area contributed by atoms with Crippen molar-refractivity contribution in [1.29, 1.82) is 0 Å². The maximum atomic E-state index is 12.5. The second-order valence-corrected chi connectivity index (χ2v) is 8.47. The molecule has 2 amide bonds. The van der Waals surface area contributed by atoms with Gasteiger partial charge in [0.1, 0.15) is 0 Å². The summed E-state index contributed by atoms with van der Waals surface area (Å²) in [7, 11) is 0. The molecular weight excluding hydrogens is 364 g/mol. The Morgan fingerprint density at radius 2 is 1.92 bits per heavy atom. The van der Waals surface area contributed by atoms with E-state index in [-0.39, 0.29) is 11.8 Å². The van der Waals surface area contributed by atoms with Gasteiger partial charge in [-0.05, 0) is 36.4 Å². The van der Waals surface area contributed by atoms with Gasteiger partial charge in [-0.3, -0.25) is 9.59 Å². The Bertz CT molecular complexity index is 725. The molecule has 0 atom stereocenters. The van der Waals surface area contributed by atoms with Crippen LogP contribution in [0.4, 0.5) is 0 Å². The largest absolute Gasteiger partial charge is 0.353 e. The van der Waals surface area contributed by atoms with Gasteiger partial charge in [0.2, 0.25) is 5.91 Å². The Balaban J connectivity index is 1.47. The van der Waals surface area contributed by atoms with Gasteiger partial charge in [-0.2, -0.15) is 0 Å². The van der Waals surface area contributed by atoms with Crippen molar-refractivity contribution in [3.05, 3.63) is 52.2 Å². The van der Waals surface area contributed by atoms with Crippen molar-refractivity contribution >= 4 is 34.9 Å². The third kappa shape index (κ3) is 5.61. The van der Waals surface area contributed by atoms with Gasteiger partial charge in [-0.1, -0.05) is 31.0 Å². The van der Waals surface area contributed by atoms with E-state index in [1.165, 1.54) is 17.7 Å². The standard InChI is InChI=1S/C20H24N2O2S2/c23-19(22-15-6-1-2-7-15)11-12-21-20(24)17-9-3-4-10-18(17)26-14-16-8-5-13-25-16/h3-5,8-10,13,15H,1-2,6-7,11-12,14H2,(H,21,24)(H,22,23). The molecule has 0 radical (unpaired) electrons. The van der Waals surface area contributed by atoms with Crippen LogP contribution < -0.4 is 10.6 Å². The van der Waals surface area contributed by atoms with Crippen molar-refractivity contribution < 1.29 is 9.59 Å². The molecule has 26 heavy (non-hydrogen) atoms. The van der Waals surface area contributed by atoms with E-state index in [9.17, 15) is 9.59 Å². The summed E-state index contributed by atoms with van der Waals surface area (Å²) in [6.45, 7) is 0.362. The van der Waals surface area contributed by atoms with E-state index in [1.54, 1.807) is 23.1 Å². The van der Waals surface area contributed by atoms with Crippen molar-refractivity contribution in [1.82, 2.24) is 10.6 Å². The molecule has 1 aliphatic rings. The summed E-state index contributed by atoms with van der Waals surface area (Å²) in [5.74, 6) is 0.761. The summed E-state index contributed by atoms with van der Waals surface area (Å²) in [6, 6.07) is 12.1. The van der Waals surface area contributed by atoms with Crippen LogP contribution in [-0.2, 0) is 10.5 Å². The molecule has 3 rings (SSSR count). The van der Waals surface area contributed by atoms with Gasteiger partial charge in [0.15, 0.2) is 0 Å². The third-order valence-corrected chi connectivity index (χ3v) is 6.62. The molecule has 1 aliphatic carbocycles. The topological polar surface area (TPSA) is 58.2 Å². The molecular formula is C20H24N2O2S2. The maximum Gasteiger partial charge on any atom is 0.252 e. The zero-order valence-corrected chi connectivity index (χ0v) is 16.3. The molecule has 1 saturated carbocycles. The lowest BCUT2D eigenvalue weighted by Gasteiger charge is -2.12. The predicted molar refractivity (Wildman–Crippen MR) is 108 cm³/mol. The van der Waals surface area contributed by atoms with E-state index in [0.717, 1.165) is 23.5 Å². The van der Waals surface area contributed by atoms with E-state index >= 15 is 0 Å². The third-order valence-electron chi connectivity index (χ3n) is 4.44. The zero-order valence-electron chi connectivity index (χ0n) is 14.7. The van der Waals surface area contributed by atoms with Crippen molar-refractivity contribution in [3.8, 4) is 0 Å². The average molecular weight is 389 g/mol. The fraction of sp³-hybridized carbons (Fsp3) is 0.400. The fourth-order valence-electron chi connectivity index (χ4n) is 3.08. The van der Waals surface area contributed by atoms with Gasteiger partial charge in [0, 0.05) is 34.5 Å². The minimum Gasteiger partial charge on any atom is -0.353 e. The first-order chi connectivity index (χ1) is 12.7. The first-order valence-corrected chi connectivity index (χ1v) is 10.9. The van der Waals surface area contributed by atoms with Crippen molar-refractivity contribution in [2.75, 3.05) is 6.54 Å². The van der Waals surface area contributed by atoms with Crippen LogP contribution in [0.15, 0.2) is 46.7 Å². The summed E-state index contributed by atoms with van der Waals surface area (Å²) >= 11 is 3.38. The zero-order chi connectivity index (χ0) is 18.2. The molecule has 1 aromatic carbocycles. The Labute approximate surface area is 162 Å². The molecule has 0 unspecified atom stereocenters. The van der Waals surface area contributed by atoms with E-state index in [4.69, 9.17) is 0 Å². The fourth-order valence-corrected chi connectivity index (χ4v) is 4.90. The first kappa shape index (κ1) is 19.0. The van der Waals surface area contributed by atoms with Gasteiger partial charge in [-0.25, -0.2) is 0 Å². The van der Waals surface area contributed by atoms with Crippen LogP contribution in [0.5, 0.6) is 0 Å². The Morgan fingerprint density at radius 3 is 2.69 bits per heavy atom. The molecule has 1 fully saturated rings. The van der Waals surface area contributed by atoms with Gasteiger partial charge >= 0.3 is 0 Å². The van der Waals surface area contributed by atoms with Gasteiger partial charge in [0.25, 0.3) is 5.91 Å². The highest BCUT2D eigenvalue weighted by Crippen LogP contribution is 2.27. The summed E-state index contributed by atoms with van der Waals surface area (Å²) < 4.78 is 0. The Kier molecular flexibility index (Phi) is 7.14. The first-order valence-electron chi connectivity index (χ1n) is 9.04. The van der Waals surface area contributed by atoms with E-state index in [1.807, 2.05) is 30.3 Å². The van der Waals surface area contributed by atoms with Crippen molar-refractivity contribution in [3.63, 3.8) is 0 Å². The molecule has 0 spiro atoms. The van der Waals surface area contributed by atoms with E-state index < -0.39 is 0 Å². The molecule has 4 nitrogen and oxygen atoms in total. The smallest absolute Gasteiger partial charge is 0.252 e. The maximum absolute atomic E-state index is 12.5. The predicted octanol–water partition coefficient (Wildman–Crippen LogP) is 4.22. The highest BCUT2D eigenvalue weighted by molar-refractivity contribution is 7.98. The molecule has 2 N–H and O–H groups in total. The highest BCUT2D eigenvalue weighted by atomic mass is 32.2. The highest BCUT2D eigenvalue weighted by Gasteiger charge is 2.17. The van der Waals surface area contributed by atoms with Crippen LogP contribution >= 0.6 is 23.1 Å². The summed E-state index contributed by atoms with van der Waals surface area (Å²) in [5, 5.41) is 7.98. The number of hydrogen-bond acceptors (Lipinski definition) is 4. The summed E-state index contributed by atoms with van der Waals surface area (Å²) in [5.41, 5.74) is 0.672. The summed E-state index contributed by atoms with van der Waals surface area (Å²) in [4.78, 5) is 26.7. The SMILES string of the molecule is O=C(CCNC(=O)c1ccccc1SCc1cccs1)NC1CCCC1. The number of carbonyl (C=O) groups excluding carboxylic acids is 2. The Hall–Kier alpha value is -1.79. The van der Waals surface area contributed by atoms with Gasteiger partial charge in [-0.15, -0.1) is 23.1 Å². The van der Waals surface area contributed by atoms with Crippen molar-refractivity contribution in [2.24, 2.45) is 0 Å². The summed E-state index contributed by atoms with van der Waals surface area (Å²) in [6.07, 6.45) is 4.87. The van der Waals surface area contributed by atoms with E-state index in [2.05, 4.69) is 22.1 Å². The molecule has 1 heterocycles. The quantitative estimate of drug-likeness (QED) is 0.666. The average Bonchev–Trinajstić information content (AvgIpc) is 3.34. The van der Waals surface area contributed by atoms with Gasteiger partial charge in [0.05, 0.1) is 5.56 Å². The second-order valence-electron chi connectivity index (χ2n) is 6.42. The number of nitrogens with one attached hydrogen (secondary N) is 2. The molecule has 2 aromatic rings. The number of amides is 2. The molecule has 0 aliphatic heterocycles. The number of thioether (sulfide) groups is 1. The lowest BCUT2D eigenvalue weighted by molar-refractivity contribution is -0.121. The lowest BCUT2D eigenvalue weighted by atomic mass is 10.2. The molecule has 6 heteroatoms. The molecule has 1 aromatic heterocycles. The van der Waals surface area contributed by atoms with Crippen LogP contribution in [0.2, 0.25) is 0 Å². The van der Waals surface area contributed by atoms with E-state index in [0.29, 0.717) is 24.6 Å². The lowest BCUT2D eigenvalue weighted by Crippen LogP contribution is -2.35. The van der Waals surface area contributed by atoms with Crippen LogP contribution in [0.25, 0.3) is 0 Å². The number of rotatable bonds is 8. The number of hydrogen-bond donors (Lipinski definition) is 2. The normalized spacial score (nSPS) is 14.3.